The average molecular weight is 437 g/mol. The minimum Gasteiger partial charge on any atom is -0.296 e. The van der Waals surface area contributed by atoms with Crippen molar-refractivity contribution in [3.63, 3.8) is 0 Å². The van der Waals surface area contributed by atoms with Gasteiger partial charge in [0.15, 0.2) is 0 Å². The summed E-state index contributed by atoms with van der Waals surface area (Å²) < 4.78 is 27.6. The summed E-state index contributed by atoms with van der Waals surface area (Å²) in [6.45, 7) is 7.02. The molecule has 1 N–H and O–H groups in total. The highest BCUT2D eigenvalue weighted by molar-refractivity contribution is 7.89. The van der Waals surface area contributed by atoms with E-state index in [0.717, 1.165) is 37.1 Å². The van der Waals surface area contributed by atoms with E-state index in [1.807, 2.05) is 0 Å². The summed E-state index contributed by atoms with van der Waals surface area (Å²) in [5, 5.41) is 12.3. The number of hydrogen-bond donors (Lipinski definition) is 1. The number of amides is 1. The minimum absolute atomic E-state index is 0.196. The Bertz CT molecular complexity index is 962. The topological polar surface area (TPSA) is 92.3 Å². The van der Waals surface area contributed by atoms with E-state index in [2.05, 4.69) is 29.4 Å². The van der Waals surface area contributed by atoms with Crippen molar-refractivity contribution in [3.05, 3.63) is 34.3 Å². The van der Waals surface area contributed by atoms with Crippen molar-refractivity contribution < 1.29 is 13.2 Å². The Morgan fingerprint density at radius 3 is 2.52 bits per heavy atom. The third-order valence-corrected chi connectivity index (χ3v) is 8.42. The van der Waals surface area contributed by atoms with Gasteiger partial charge in [0.1, 0.15) is 5.01 Å². The van der Waals surface area contributed by atoms with Crippen LogP contribution in [0.1, 0.15) is 72.8 Å². The number of sulfonamides is 1. The van der Waals surface area contributed by atoms with Crippen molar-refractivity contribution in [2.75, 3.05) is 18.4 Å². The number of nitrogens with zero attached hydrogens (tertiary/aromatic N) is 3. The maximum Gasteiger partial charge on any atom is 0.257 e. The molecule has 1 aromatic carbocycles. The number of anilines is 1. The van der Waals surface area contributed by atoms with Gasteiger partial charge in [0.05, 0.1) is 4.90 Å². The molecular formula is C20H28N4O3S2. The van der Waals surface area contributed by atoms with Gasteiger partial charge in [-0.05, 0) is 50.3 Å². The lowest BCUT2D eigenvalue weighted by Crippen LogP contribution is -2.36. The number of carbonyl (C=O) groups excluding carboxylic acids is 1. The van der Waals surface area contributed by atoms with Gasteiger partial charge in [0.2, 0.25) is 15.2 Å². The monoisotopic (exact) mass is 436 g/mol. The molecular weight excluding hydrogens is 408 g/mol. The molecule has 1 saturated heterocycles. The fourth-order valence-electron chi connectivity index (χ4n) is 3.52. The number of benzene rings is 1. The molecule has 0 saturated carbocycles. The van der Waals surface area contributed by atoms with E-state index < -0.39 is 10.0 Å². The molecule has 158 valence electrons. The van der Waals surface area contributed by atoms with E-state index in [9.17, 15) is 13.2 Å². The first-order chi connectivity index (χ1) is 13.9. The summed E-state index contributed by atoms with van der Waals surface area (Å²) in [5.74, 6) is -0.0499. The second-order valence-corrected chi connectivity index (χ2v) is 10.3. The number of nitrogens with one attached hydrogen (secondary N) is 1. The molecule has 7 nitrogen and oxygen atoms in total. The Kier molecular flexibility index (Phi) is 7.02. The summed E-state index contributed by atoms with van der Waals surface area (Å²) in [6.07, 6.45) is 4.72. The van der Waals surface area contributed by atoms with Crippen molar-refractivity contribution in [1.82, 2.24) is 14.5 Å². The predicted molar refractivity (Wildman–Crippen MR) is 115 cm³/mol. The first-order valence-electron chi connectivity index (χ1n) is 10.1. The molecule has 0 radical (unpaired) electrons. The van der Waals surface area contributed by atoms with Crippen LogP contribution in [0.4, 0.5) is 5.13 Å². The Morgan fingerprint density at radius 1 is 1.17 bits per heavy atom. The molecule has 2 aromatic rings. The zero-order valence-corrected chi connectivity index (χ0v) is 18.8. The normalized spacial score (nSPS) is 15.6. The molecule has 0 spiro atoms. The SMILES string of the molecule is CCC(CC)c1nnc(NC(=O)c2ccc(C)c(S(=O)(=O)N3CCCCC3)c2)s1. The highest BCUT2D eigenvalue weighted by Gasteiger charge is 2.28. The zero-order chi connectivity index (χ0) is 21.0. The van der Waals surface area contributed by atoms with E-state index in [1.165, 1.54) is 21.7 Å². The van der Waals surface area contributed by atoms with Gasteiger partial charge >= 0.3 is 0 Å². The van der Waals surface area contributed by atoms with Gasteiger partial charge in [-0.15, -0.1) is 10.2 Å². The first-order valence-corrected chi connectivity index (χ1v) is 12.4. The number of piperidine rings is 1. The Hall–Kier alpha value is -1.84. The predicted octanol–water partition coefficient (Wildman–Crippen LogP) is 4.18. The highest BCUT2D eigenvalue weighted by atomic mass is 32.2. The van der Waals surface area contributed by atoms with E-state index in [-0.39, 0.29) is 10.8 Å². The minimum atomic E-state index is -3.61. The van der Waals surface area contributed by atoms with Gasteiger partial charge in [0, 0.05) is 24.6 Å². The number of carbonyl (C=O) groups is 1. The van der Waals surface area contributed by atoms with Gasteiger partial charge in [-0.3, -0.25) is 10.1 Å². The lowest BCUT2D eigenvalue weighted by Gasteiger charge is -2.26. The maximum absolute atomic E-state index is 13.1. The number of aryl methyl sites for hydroxylation is 1. The fraction of sp³-hybridized carbons (Fsp3) is 0.550. The van der Waals surface area contributed by atoms with E-state index in [4.69, 9.17) is 0 Å². The van der Waals surface area contributed by atoms with Crippen LogP contribution in [-0.2, 0) is 10.0 Å². The largest absolute Gasteiger partial charge is 0.296 e. The summed E-state index contributed by atoms with van der Waals surface area (Å²) in [5.41, 5.74) is 0.935. The Labute approximate surface area is 176 Å². The van der Waals surface area contributed by atoms with E-state index >= 15 is 0 Å². The fourth-order valence-corrected chi connectivity index (χ4v) is 6.29. The first kappa shape index (κ1) is 21.9. The smallest absolute Gasteiger partial charge is 0.257 e. The molecule has 0 aliphatic carbocycles. The maximum atomic E-state index is 13.1. The van der Waals surface area contributed by atoms with Crippen LogP contribution in [0.2, 0.25) is 0 Å². The molecule has 1 fully saturated rings. The average Bonchev–Trinajstić information content (AvgIpc) is 3.18. The van der Waals surface area contributed by atoms with Crippen molar-refractivity contribution in [3.8, 4) is 0 Å². The van der Waals surface area contributed by atoms with Crippen LogP contribution >= 0.6 is 11.3 Å². The van der Waals surface area contributed by atoms with Gasteiger partial charge in [-0.25, -0.2) is 8.42 Å². The van der Waals surface area contributed by atoms with Crippen molar-refractivity contribution in [2.24, 2.45) is 0 Å². The Balaban J connectivity index is 1.81. The third-order valence-electron chi connectivity index (χ3n) is 5.38. The van der Waals surface area contributed by atoms with Gasteiger partial charge in [-0.1, -0.05) is 37.7 Å². The molecule has 0 atom stereocenters. The molecule has 0 bridgehead atoms. The molecule has 1 aliphatic rings. The second kappa shape index (κ2) is 9.32. The van der Waals surface area contributed by atoms with Crippen LogP contribution in [0.5, 0.6) is 0 Å². The van der Waals surface area contributed by atoms with Crippen LogP contribution in [0.15, 0.2) is 23.1 Å². The van der Waals surface area contributed by atoms with Crippen molar-refractivity contribution in [2.45, 2.75) is 63.7 Å². The van der Waals surface area contributed by atoms with Crippen LogP contribution < -0.4 is 5.32 Å². The van der Waals surface area contributed by atoms with E-state index in [0.29, 0.717) is 35.3 Å². The molecule has 0 unspecified atom stereocenters. The summed E-state index contributed by atoms with van der Waals surface area (Å²) >= 11 is 1.37. The molecule has 29 heavy (non-hydrogen) atoms. The molecule has 9 heteroatoms. The van der Waals surface area contributed by atoms with Crippen molar-refractivity contribution in [1.29, 1.82) is 0 Å². The van der Waals surface area contributed by atoms with Crippen LogP contribution in [0.3, 0.4) is 0 Å². The van der Waals surface area contributed by atoms with Crippen LogP contribution in [0.25, 0.3) is 0 Å². The molecule has 2 heterocycles. The summed E-state index contributed by atoms with van der Waals surface area (Å²) in [6, 6.07) is 4.79. The second-order valence-electron chi connectivity index (χ2n) is 7.36. The number of aromatic nitrogens is 2. The Morgan fingerprint density at radius 2 is 1.86 bits per heavy atom. The number of hydrogen-bond acceptors (Lipinski definition) is 6. The zero-order valence-electron chi connectivity index (χ0n) is 17.1. The quantitative estimate of drug-likeness (QED) is 0.703. The summed E-state index contributed by atoms with van der Waals surface area (Å²) in [4.78, 5) is 12.9. The third kappa shape index (κ3) is 4.84. The molecule has 1 aliphatic heterocycles. The van der Waals surface area contributed by atoms with Crippen LogP contribution in [0, 0.1) is 6.92 Å². The molecule has 1 amide bonds. The number of rotatable bonds is 7. The standard InChI is InChI=1S/C20H28N4O3S2/c1-4-15(5-2)19-22-23-20(28-19)21-18(25)16-10-9-14(3)17(13-16)29(26,27)24-11-7-6-8-12-24/h9-10,13,15H,4-8,11-12H2,1-3H3,(H,21,23,25). The lowest BCUT2D eigenvalue weighted by atomic mass is 10.1. The molecule has 3 rings (SSSR count). The van der Waals surface area contributed by atoms with E-state index in [1.54, 1.807) is 19.1 Å². The van der Waals surface area contributed by atoms with Gasteiger partial charge < -0.3 is 0 Å². The highest BCUT2D eigenvalue weighted by Crippen LogP contribution is 2.29. The summed E-state index contributed by atoms with van der Waals surface area (Å²) in [7, 11) is -3.61. The van der Waals surface area contributed by atoms with Gasteiger partial charge in [-0.2, -0.15) is 4.31 Å². The van der Waals surface area contributed by atoms with Crippen LogP contribution in [-0.4, -0.2) is 41.9 Å². The molecule has 1 aromatic heterocycles. The van der Waals surface area contributed by atoms with Crippen molar-refractivity contribution >= 4 is 32.4 Å². The lowest BCUT2D eigenvalue weighted by molar-refractivity contribution is 0.102. The van der Waals surface area contributed by atoms with Gasteiger partial charge in [0.25, 0.3) is 5.91 Å².